The predicted molar refractivity (Wildman–Crippen MR) is 68.0 cm³/mol. The van der Waals surface area contributed by atoms with Gasteiger partial charge in [-0.25, -0.2) is 4.79 Å². The van der Waals surface area contributed by atoms with E-state index < -0.39 is 0 Å². The number of aliphatic hydroxyl groups is 1. The summed E-state index contributed by atoms with van der Waals surface area (Å²) in [5, 5.41) is 9.51. The van der Waals surface area contributed by atoms with Gasteiger partial charge in [-0.2, -0.15) is 0 Å². The quantitative estimate of drug-likeness (QED) is 0.874. The molecule has 1 heterocycles. The number of hydrogen-bond donors (Lipinski definition) is 1. The van der Waals surface area contributed by atoms with Gasteiger partial charge in [-0.15, -0.1) is 0 Å². The Kier molecular flexibility index (Phi) is 4.20. The Morgan fingerprint density at radius 2 is 2.17 bits per heavy atom. The standard InChI is InChI=1S/C14H19NO3/c1-11-9-13(16)7-8-15(11)14(17)18-10-12-5-3-2-4-6-12/h2-6,11,13,16H,7-10H2,1H3/t11-,13+/m0/s1. The summed E-state index contributed by atoms with van der Waals surface area (Å²) in [6, 6.07) is 9.66. The van der Waals surface area contributed by atoms with Crippen LogP contribution in [0.4, 0.5) is 4.79 Å². The second kappa shape index (κ2) is 5.87. The molecular weight excluding hydrogens is 230 g/mol. The number of ether oxygens (including phenoxy) is 1. The van der Waals surface area contributed by atoms with E-state index in [4.69, 9.17) is 4.74 Å². The Bertz CT molecular complexity index is 393. The minimum Gasteiger partial charge on any atom is -0.445 e. The maximum absolute atomic E-state index is 11.9. The molecule has 2 rings (SSSR count). The van der Waals surface area contributed by atoms with E-state index in [2.05, 4.69) is 0 Å². The number of hydrogen-bond acceptors (Lipinski definition) is 3. The van der Waals surface area contributed by atoms with Crippen LogP contribution in [0, 0.1) is 0 Å². The fourth-order valence-corrected chi connectivity index (χ4v) is 2.22. The van der Waals surface area contributed by atoms with Crippen molar-refractivity contribution >= 4 is 6.09 Å². The summed E-state index contributed by atoms with van der Waals surface area (Å²) in [7, 11) is 0. The Hall–Kier alpha value is -1.55. The van der Waals surface area contributed by atoms with Crippen LogP contribution in [0.2, 0.25) is 0 Å². The Labute approximate surface area is 107 Å². The molecule has 1 saturated heterocycles. The van der Waals surface area contributed by atoms with Gasteiger partial charge in [0, 0.05) is 12.6 Å². The summed E-state index contributed by atoms with van der Waals surface area (Å²) in [5.41, 5.74) is 0.982. The van der Waals surface area contributed by atoms with Gasteiger partial charge < -0.3 is 14.7 Å². The third-order valence-corrected chi connectivity index (χ3v) is 3.29. The summed E-state index contributed by atoms with van der Waals surface area (Å²) in [4.78, 5) is 13.6. The first-order valence-electron chi connectivity index (χ1n) is 6.32. The molecule has 0 bridgehead atoms. The van der Waals surface area contributed by atoms with Crippen LogP contribution in [0.1, 0.15) is 25.3 Å². The molecule has 2 atom stereocenters. The number of rotatable bonds is 2. The number of likely N-dealkylation sites (tertiary alicyclic amines) is 1. The van der Waals surface area contributed by atoms with Gasteiger partial charge >= 0.3 is 6.09 Å². The molecule has 98 valence electrons. The zero-order chi connectivity index (χ0) is 13.0. The van der Waals surface area contributed by atoms with Gasteiger partial charge in [0.05, 0.1) is 6.10 Å². The first-order chi connectivity index (χ1) is 8.66. The highest BCUT2D eigenvalue weighted by Crippen LogP contribution is 2.18. The highest BCUT2D eigenvalue weighted by atomic mass is 16.6. The van der Waals surface area contributed by atoms with E-state index in [9.17, 15) is 9.90 Å². The highest BCUT2D eigenvalue weighted by molar-refractivity contribution is 5.68. The number of aliphatic hydroxyl groups excluding tert-OH is 1. The van der Waals surface area contributed by atoms with Crippen molar-refractivity contribution in [3.8, 4) is 0 Å². The Morgan fingerprint density at radius 1 is 1.44 bits per heavy atom. The molecule has 1 fully saturated rings. The van der Waals surface area contributed by atoms with Gasteiger partial charge in [-0.05, 0) is 25.3 Å². The van der Waals surface area contributed by atoms with Crippen LogP contribution < -0.4 is 0 Å². The minimum absolute atomic E-state index is 0.0389. The Balaban J connectivity index is 1.85. The predicted octanol–water partition coefficient (Wildman–Crippen LogP) is 2.17. The zero-order valence-corrected chi connectivity index (χ0v) is 10.6. The maximum atomic E-state index is 11.9. The summed E-state index contributed by atoms with van der Waals surface area (Å²) in [5.74, 6) is 0. The number of carbonyl (C=O) groups is 1. The maximum Gasteiger partial charge on any atom is 0.410 e. The van der Waals surface area contributed by atoms with Crippen LogP contribution in [0.15, 0.2) is 30.3 Å². The fraction of sp³-hybridized carbons (Fsp3) is 0.500. The number of nitrogens with zero attached hydrogens (tertiary/aromatic N) is 1. The van der Waals surface area contributed by atoms with Crippen molar-refractivity contribution < 1.29 is 14.6 Å². The SMILES string of the molecule is C[C@H]1C[C@H](O)CCN1C(=O)OCc1ccccc1. The van der Waals surface area contributed by atoms with Gasteiger partial charge in [-0.3, -0.25) is 0 Å². The first-order valence-corrected chi connectivity index (χ1v) is 6.32. The van der Waals surface area contributed by atoms with Crippen LogP contribution in [0.3, 0.4) is 0 Å². The van der Waals surface area contributed by atoms with E-state index in [0.717, 1.165) is 5.56 Å². The zero-order valence-electron chi connectivity index (χ0n) is 10.6. The van der Waals surface area contributed by atoms with Gasteiger partial charge in [0.1, 0.15) is 6.61 Å². The molecule has 1 aromatic carbocycles. The molecule has 1 aliphatic rings. The summed E-state index contributed by atoms with van der Waals surface area (Å²) < 4.78 is 5.28. The summed E-state index contributed by atoms with van der Waals surface area (Å²) in [6.45, 7) is 2.80. The molecule has 1 N–H and O–H groups in total. The number of benzene rings is 1. The lowest BCUT2D eigenvalue weighted by molar-refractivity contribution is 0.0316. The van der Waals surface area contributed by atoms with Crippen LogP contribution >= 0.6 is 0 Å². The van der Waals surface area contributed by atoms with Gasteiger partial charge in [0.2, 0.25) is 0 Å². The molecule has 0 aliphatic carbocycles. The van der Waals surface area contributed by atoms with Crippen LogP contribution in [-0.2, 0) is 11.3 Å². The van der Waals surface area contributed by atoms with Gasteiger partial charge in [0.25, 0.3) is 0 Å². The van der Waals surface area contributed by atoms with E-state index in [1.807, 2.05) is 37.3 Å². The van der Waals surface area contributed by atoms with Gasteiger partial charge in [0.15, 0.2) is 0 Å². The van der Waals surface area contributed by atoms with Crippen molar-refractivity contribution in [3.05, 3.63) is 35.9 Å². The average molecular weight is 249 g/mol. The second-order valence-corrected chi connectivity index (χ2v) is 4.76. The summed E-state index contributed by atoms with van der Waals surface area (Å²) in [6.07, 6.45) is 0.669. The van der Waals surface area contributed by atoms with E-state index in [0.29, 0.717) is 26.0 Å². The molecule has 4 nitrogen and oxygen atoms in total. The third-order valence-electron chi connectivity index (χ3n) is 3.29. The first kappa shape index (κ1) is 12.9. The molecular formula is C14H19NO3. The lowest BCUT2D eigenvalue weighted by Crippen LogP contribution is -2.46. The minimum atomic E-state index is -0.293. The van der Waals surface area contributed by atoms with Crippen LogP contribution in [-0.4, -0.2) is 34.8 Å². The smallest absolute Gasteiger partial charge is 0.410 e. The van der Waals surface area contributed by atoms with E-state index in [-0.39, 0.29) is 18.2 Å². The molecule has 0 spiro atoms. The third kappa shape index (κ3) is 3.23. The highest BCUT2D eigenvalue weighted by Gasteiger charge is 2.28. The molecule has 0 radical (unpaired) electrons. The van der Waals surface area contributed by atoms with E-state index in [1.165, 1.54) is 0 Å². The second-order valence-electron chi connectivity index (χ2n) is 4.76. The molecule has 0 unspecified atom stereocenters. The van der Waals surface area contributed by atoms with Gasteiger partial charge in [-0.1, -0.05) is 30.3 Å². The van der Waals surface area contributed by atoms with E-state index in [1.54, 1.807) is 4.90 Å². The molecule has 1 amide bonds. The fourth-order valence-electron chi connectivity index (χ4n) is 2.22. The van der Waals surface area contributed by atoms with Crippen molar-refractivity contribution in [2.75, 3.05) is 6.54 Å². The van der Waals surface area contributed by atoms with E-state index >= 15 is 0 Å². The largest absolute Gasteiger partial charge is 0.445 e. The lowest BCUT2D eigenvalue weighted by atomic mass is 10.0. The average Bonchev–Trinajstić information content (AvgIpc) is 2.37. The topological polar surface area (TPSA) is 49.8 Å². The summed E-state index contributed by atoms with van der Waals surface area (Å²) >= 11 is 0. The van der Waals surface area contributed by atoms with Crippen molar-refractivity contribution in [1.82, 2.24) is 4.90 Å². The van der Waals surface area contributed by atoms with Crippen molar-refractivity contribution in [2.24, 2.45) is 0 Å². The lowest BCUT2D eigenvalue weighted by Gasteiger charge is -2.34. The molecule has 1 aromatic rings. The normalized spacial score (nSPS) is 23.8. The number of carbonyl (C=O) groups excluding carboxylic acids is 1. The molecule has 1 aliphatic heterocycles. The van der Waals surface area contributed by atoms with Crippen LogP contribution in [0.5, 0.6) is 0 Å². The number of amides is 1. The molecule has 0 aromatic heterocycles. The van der Waals surface area contributed by atoms with Crippen molar-refractivity contribution in [2.45, 2.75) is 38.5 Å². The monoisotopic (exact) mass is 249 g/mol. The number of piperidine rings is 1. The molecule has 18 heavy (non-hydrogen) atoms. The van der Waals surface area contributed by atoms with Crippen LogP contribution in [0.25, 0.3) is 0 Å². The molecule has 0 saturated carbocycles. The molecule has 4 heteroatoms. The Morgan fingerprint density at radius 3 is 2.83 bits per heavy atom. The van der Waals surface area contributed by atoms with Crippen molar-refractivity contribution in [1.29, 1.82) is 0 Å². The van der Waals surface area contributed by atoms with Crippen molar-refractivity contribution in [3.63, 3.8) is 0 Å².